The number of hydrogen-bond acceptors (Lipinski definition) is 2. The van der Waals surface area contributed by atoms with Crippen molar-refractivity contribution in [1.82, 2.24) is 0 Å². The van der Waals surface area contributed by atoms with Crippen LogP contribution in [0.15, 0.2) is 12.2 Å². The summed E-state index contributed by atoms with van der Waals surface area (Å²) < 4.78 is 45.3. The number of alkyl halides is 3. The normalized spacial score (nSPS) is 32.1. The Labute approximate surface area is 117 Å². The minimum atomic E-state index is -4.25. The quantitative estimate of drug-likeness (QED) is 0.562. The second kappa shape index (κ2) is 5.41. The van der Waals surface area contributed by atoms with Crippen molar-refractivity contribution in [3.8, 4) is 0 Å². The summed E-state index contributed by atoms with van der Waals surface area (Å²) in [6, 6.07) is 0. The first-order valence-electron chi connectivity index (χ1n) is 7.15. The summed E-state index contributed by atoms with van der Waals surface area (Å²) in [6.45, 7) is 4.06. The standard InChI is InChI=1S/C15H21F3O2/c1-10(2)9-20-13(19)5-6-14(15(16,17)18)8-11-3-4-12(14)7-11/h3-4,10-12H,5-9H2,1-2H3. The highest BCUT2D eigenvalue weighted by Crippen LogP contribution is 2.61. The Hall–Kier alpha value is -1.00. The summed E-state index contributed by atoms with van der Waals surface area (Å²) in [6.07, 6.45) is -0.305. The molecule has 0 aromatic carbocycles. The van der Waals surface area contributed by atoms with Gasteiger partial charge in [0.2, 0.25) is 0 Å². The molecule has 5 heteroatoms. The van der Waals surface area contributed by atoms with Crippen molar-refractivity contribution in [3.05, 3.63) is 12.2 Å². The maximum atomic E-state index is 13.5. The molecular formula is C15H21F3O2. The predicted molar refractivity (Wildman–Crippen MR) is 68.9 cm³/mol. The van der Waals surface area contributed by atoms with E-state index in [0.717, 1.165) is 0 Å². The largest absolute Gasteiger partial charge is 0.465 e. The van der Waals surface area contributed by atoms with Crippen molar-refractivity contribution < 1.29 is 22.7 Å². The first-order valence-corrected chi connectivity index (χ1v) is 7.15. The molecule has 0 N–H and O–H groups in total. The Balaban J connectivity index is 1.97. The zero-order chi connectivity index (χ0) is 15.0. The van der Waals surface area contributed by atoms with Crippen molar-refractivity contribution in [1.29, 1.82) is 0 Å². The van der Waals surface area contributed by atoms with E-state index in [2.05, 4.69) is 0 Å². The van der Waals surface area contributed by atoms with Crippen molar-refractivity contribution in [2.45, 2.75) is 45.7 Å². The summed E-state index contributed by atoms with van der Waals surface area (Å²) in [7, 11) is 0. The fourth-order valence-corrected chi connectivity index (χ4v) is 3.37. The van der Waals surface area contributed by atoms with E-state index in [0.29, 0.717) is 6.42 Å². The van der Waals surface area contributed by atoms with Gasteiger partial charge < -0.3 is 4.74 Å². The minimum absolute atomic E-state index is 0.0216. The number of allylic oxidation sites excluding steroid dienone is 2. The average molecular weight is 290 g/mol. The smallest absolute Gasteiger partial charge is 0.395 e. The molecule has 0 aromatic rings. The predicted octanol–water partition coefficient (Wildman–Crippen LogP) is 4.11. The van der Waals surface area contributed by atoms with Crippen LogP contribution in [0.2, 0.25) is 0 Å². The van der Waals surface area contributed by atoms with Crippen molar-refractivity contribution >= 4 is 5.97 Å². The molecule has 0 radical (unpaired) electrons. The number of carbonyl (C=O) groups excluding carboxylic acids is 1. The zero-order valence-electron chi connectivity index (χ0n) is 11.9. The highest BCUT2D eigenvalue weighted by atomic mass is 19.4. The van der Waals surface area contributed by atoms with Gasteiger partial charge in [0.25, 0.3) is 0 Å². The van der Waals surface area contributed by atoms with Gasteiger partial charge in [-0.3, -0.25) is 4.79 Å². The Morgan fingerprint density at radius 3 is 2.55 bits per heavy atom. The Bertz CT molecular complexity index is 400. The molecule has 2 aliphatic rings. The maximum absolute atomic E-state index is 13.5. The molecule has 1 saturated carbocycles. The number of ether oxygens (including phenoxy) is 1. The maximum Gasteiger partial charge on any atom is 0.395 e. The molecule has 3 atom stereocenters. The first kappa shape index (κ1) is 15.4. The van der Waals surface area contributed by atoms with Crippen molar-refractivity contribution in [3.63, 3.8) is 0 Å². The fraction of sp³-hybridized carbons (Fsp3) is 0.800. The number of fused-ring (bicyclic) bond motifs is 2. The number of rotatable bonds is 5. The number of esters is 1. The van der Waals surface area contributed by atoms with Gasteiger partial charge in [0.05, 0.1) is 12.0 Å². The van der Waals surface area contributed by atoms with Gasteiger partial charge in [-0.2, -0.15) is 13.2 Å². The summed E-state index contributed by atoms with van der Waals surface area (Å²) >= 11 is 0. The van der Waals surface area contributed by atoms with Gasteiger partial charge in [-0.05, 0) is 37.0 Å². The summed E-state index contributed by atoms with van der Waals surface area (Å²) in [4.78, 5) is 11.6. The molecule has 0 aliphatic heterocycles. The van der Waals surface area contributed by atoms with Crippen LogP contribution in [0.5, 0.6) is 0 Å². The van der Waals surface area contributed by atoms with Crippen LogP contribution in [0.1, 0.15) is 39.5 Å². The average Bonchev–Trinajstić information content (AvgIpc) is 2.93. The Morgan fingerprint density at radius 1 is 1.40 bits per heavy atom. The van der Waals surface area contributed by atoms with E-state index in [1.165, 1.54) is 0 Å². The van der Waals surface area contributed by atoms with Crippen LogP contribution >= 0.6 is 0 Å². The second-order valence-corrected chi connectivity index (χ2v) is 6.42. The summed E-state index contributed by atoms with van der Waals surface area (Å²) in [5.74, 6) is -0.770. The van der Waals surface area contributed by atoms with E-state index in [1.807, 2.05) is 19.9 Å². The van der Waals surface area contributed by atoms with E-state index in [4.69, 9.17) is 4.74 Å². The lowest BCUT2D eigenvalue weighted by Crippen LogP contribution is -2.42. The number of hydrogen-bond donors (Lipinski definition) is 0. The van der Waals surface area contributed by atoms with E-state index in [-0.39, 0.29) is 37.7 Å². The SMILES string of the molecule is CC(C)COC(=O)CCC1(C(F)(F)F)CC2C=CC1C2. The molecule has 114 valence electrons. The van der Waals surface area contributed by atoms with Gasteiger partial charge in [-0.25, -0.2) is 0 Å². The van der Waals surface area contributed by atoms with Gasteiger partial charge in [0, 0.05) is 6.42 Å². The molecule has 0 aromatic heterocycles. The molecule has 0 amide bonds. The molecule has 2 bridgehead atoms. The summed E-state index contributed by atoms with van der Waals surface area (Å²) in [5.41, 5.74) is -1.72. The van der Waals surface area contributed by atoms with Crippen LogP contribution in [0.3, 0.4) is 0 Å². The van der Waals surface area contributed by atoms with Crippen molar-refractivity contribution in [2.75, 3.05) is 6.61 Å². The third-order valence-electron chi connectivity index (χ3n) is 4.43. The van der Waals surface area contributed by atoms with Crippen LogP contribution < -0.4 is 0 Å². The van der Waals surface area contributed by atoms with E-state index >= 15 is 0 Å². The lowest BCUT2D eigenvalue weighted by molar-refractivity contribution is -0.236. The second-order valence-electron chi connectivity index (χ2n) is 6.42. The van der Waals surface area contributed by atoms with E-state index in [1.54, 1.807) is 6.08 Å². The number of halogens is 3. The van der Waals surface area contributed by atoms with Gasteiger partial charge in [-0.15, -0.1) is 0 Å². The molecule has 0 spiro atoms. The zero-order valence-corrected chi connectivity index (χ0v) is 11.9. The van der Waals surface area contributed by atoms with Gasteiger partial charge >= 0.3 is 12.1 Å². The molecular weight excluding hydrogens is 269 g/mol. The molecule has 3 unspecified atom stereocenters. The van der Waals surface area contributed by atoms with E-state index in [9.17, 15) is 18.0 Å². The molecule has 2 nitrogen and oxygen atoms in total. The van der Waals surface area contributed by atoms with E-state index < -0.39 is 23.5 Å². The van der Waals surface area contributed by atoms with Gasteiger partial charge in [-0.1, -0.05) is 26.0 Å². The molecule has 2 aliphatic carbocycles. The molecule has 1 fully saturated rings. The molecule has 0 heterocycles. The highest BCUT2D eigenvalue weighted by molar-refractivity contribution is 5.69. The van der Waals surface area contributed by atoms with Crippen LogP contribution in [0.25, 0.3) is 0 Å². The first-order chi connectivity index (χ1) is 9.24. The summed E-state index contributed by atoms with van der Waals surface area (Å²) in [5, 5.41) is 0. The minimum Gasteiger partial charge on any atom is -0.465 e. The molecule has 2 rings (SSSR count). The van der Waals surface area contributed by atoms with Crippen LogP contribution in [-0.4, -0.2) is 18.8 Å². The van der Waals surface area contributed by atoms with Crippen LogP contribution in [-0.2, 0) is 9.53 Å². The van der Waals surface area contributed by atoms with Crippen molar-refractivity contribution in [2.24, 2.45) is 23.2 Å². The Morgan fingerprint density at radius 2 is 2.10 bits per heavy atom. The number of carbonyl (C=O) groups is 1. The fourth-order valence-electron chi connectivity index (χ4n) is 3.37. The highest BCUT2D eigenvalue weighted by Gasteiger charge is 2.63. The Kier molecular flexibility index (Phi) is 4.17. The lowest BCUT2D eigenvalue weighted by Gasteiger charge is -2.37. The third-order valence-corrected chi connectivity index (χ3v) is 4.43. The van der Waals surface area contributed by atoms with Crippen LogP contribution in [0.4, 0.5) is 13.2 Å². The lowest BCUT2D eigenvalue weighted by atomic mass is 9.71. The third kappa shape index (κ3) is 2.86. The van der Waals surface area contributed by atoms with Crippen LogP contribution in [0, 0.1) is 23.2 Å². The van der Waals surface area contributed by atoms with Gasteiger partial charge in [0.15, 0.2) is 0 Å². The van der Waals surface area contributed by atoms with Gasteiger partial charge in [0.1, 0.15) is 0 Å². The molecule has 0 saturated heterocycles. The monoisotopic (exact) mass is 290 g/mol. The molecule has 20 heavy (non-hydrogen) atoms. The topological polar surface area (TPSA) is 26.3 Å².